The van der Waals surface area contributed by atoms with Crippen molar-refractivity contribution >= 4 is 28.5 Å². The third-order valence-electron chi connectivity index (χ3n) is 9.20. The van der Waals surface area contributed by atoms with Crippen LogP contribution in [0.3, 0.4) is 0 Å². The fourth-order valence-corrected chi connectivity index (χ4v) is 5.57. The number of halogens is 1. The Labute approximate surface area is 310 Å². The summed E-state index contributed by atoms with van der Waals surface area (Å²) in [5.74, 6) is 1.14. The van der Waals surface area contributed by atoms with Crippen molar-refractivity contribution in [3.05, 3.63) is 89.8 Å². The van der Waals surface area contributed by atoms with Crippen molar-refractivity contribution in [2.45, 2.75) is 58.0 Å². The van der Waals surface area contributed by atoms with Crippen LogP contribution in [0.15, 0.2) is 78.9 Å². The molecule has 276 valence electrons. The fraction of sp³-hybridized carbons (Fsp3) is 0.385. The molecule has 0 unspecified atom stereocenters. The molecule has 4 aromatic heterocycles. The molecule has 12 nitrogen and oxygen atoms in total. The predicted molar refractivity (Wildman–Crippen MR) is 203 cm³/mol. The van der Waals surface area contributed by atoms with Gasteiger partial charge in [0.2, 0.25) is 11.8 Å². The molecule has 7 rings (SSSR count). The SMILES string of the molecule is CC1(C)OC(C2=CCOCC2)OC1(C)C.COc1ccc(-c2cnc(C3=CCOCC3)cc2N)cn1.COc1ccc(-c2cnc(Cl)cc2N)cn1. The standard InChI is InChI=1S/C16H17N3O2.C12H20O3.C11H10ClN3O/c1-20-16-3-2-12(9-19-16)13-10-18-15(8-14(13)17)11-4-6-21-7-5-11;1-11(2)12(3,4)15-10(14-11)9-5-7-13-8-6-9;1-16-11-3-2-7(5-15-11)8-6-14-10(12)4-9(8)13/h2-4,8-10H,5-7H2,1H3,(H2,17,18);5,10H,6-8H2,1-4H3;2-6H,1H3,(H2,13,14). The van der Waals surface area contributed by atoms with Gasteiger partial charge in [-0.15, -0.1) is 0 Å². The van der Waals surface area contributed by atoms with E-state index in [1.165, 1.54) is 11.1 Å². The number of aromatic nitrogens is 4. The smallest absolute Gasteiger partial charge is 0.212 e. The lowest BCUT2D eigenvalue weighted by Gasteiger charge is -2.30. The van der Waals surface area contributed by atoms with Gasteiger partial charge >= 0.3 is 0 Å². The van der Waals surface area contributed by atoms with Crippen LogP contribution in [0.5, 0.6) is 11.8 Å². The number of ether oxygens (including phenoxy) is 6. The Morgan fingerprint density at radius 3 is 1.67 bits per heavy atom. The monoisotopic (exact) mass is 730 g/mol. The van der Waals surface area contributed by atoms with Crippen LogP contribution in [-0.4, -0.2) is 78.1 Å². The second-order valence-corrected chi connectivity index (χ2v) is 13.6. The minimum atomic E-state index is -0.239. The zero-order chi connectivity index (χ0) is 37.3. The van der Waals surface area contributed by atoms with Gasteiger partial charge in [-0.2, -0.15) is 0 Å². The number of pyridine rings is 4. The first-order valence-corrected chi connectivity index (χ1v) is 17.4. The second-order valence-electron chi connectivity index (χ2n) is 13.2. The normalized spacial score (nSPS) is 17.8. The zero-order valence-electron chi connectivity index (χ0n) is 30.5. The fourth-order valence-electron chi connectivity index (χ4n) is 5.40. The van der Waals surface area contributed by atoms with Gasteiger partial charge in [-0.1, -0.05) is 23.8 Å². The van der Waals surface area contributed by atoms with Crippen molar-refractivity contribution < 1.29 is 28.4 Å². The number of hydrogen-bond acceptors (Lipinski definition) is 12. The highest BCUT2D eigenvalue weighted by Crippen LogP contribution is 2.41. The Bertz CT molecular complexity index is 1850. The van der Waals surface area contributed by atoms with Gasteiger partial charge in [-0.3, -0.25) is 4.98 Å². The minimum Gasteiger partial charge on any atom is -0.481 e. The van der Waals surface area contributed by atoms with Crippen LogP contribution in [0.2, 0.25) is 5.15 Å². The molecule has 0 atom stereocenters. The van der Waals surface area contributed by atoms with Gasteiger partial charge in [0.15, 0.2) is 6.29 Å². The summed E-state index contributed by atoms with van der Waals surface area (Å²) in [6.07, 6.45) is 12.6. The number of nitrogens with zero attached hydrogens (tertiary/aromatic N) is 4. The van der Waals surface area contributed by atoms with Crippen molar-refractivity contribution in [2.24, 2.45) is 0 Å². The summed E-state index contributed by atoms with van der Waals surface area (Å²) in [6.45, 7) is 11.1. The summed E-state index contributed by atoms with van der Waals surface area (Å²) in [5.41, 5.74) is 19.6. The molecule has 1 saturated heterocycles. The lowest BCUT2D eigenvalue weighted by atomic mass is 9.90. The predicted octanol–water partition coefficient (Wildman–Crippen LogP) is 7.19. The maximum Gasteiger partial charge on any atom is 0.212 e. The van der Waals surface area contributed by atoms with E-state index in [0.717, 1.165) is 54.0 Å². The van der Waals surface area contributed by atoms with E-state index < -0.39 is 0 Å². The zero-order valence-corrected chi connectivity index (χ0v) is 31.3. The van der Waals surface area contributed by atoms with Crippen LogP contribution < -0.4 is 20.9 Å². The van der Waals surface area contributed by atoms with Gasteiger partial charge in [0.05, 0.1) is 57.5 Å². The van der Waals surface area contributed by atoms with E-state index in [2.05, 4.69) is 59.8 Å². The molecule has 13 heteroatoms. The number of hydrogen-bond donors (Lipinski definition) is 2. The summed E-state index contributed by atoms with van der Waals surface area (Å²) >= 11 is 5.73. The van der Waals surface area contributed by atoms with Gasteiger partial charge in [0.1, 0.15) is 5.15 Å². The quantitative estimate of drug-likeness (QED) is 0.152. The molecule has 0 amide bonds. The van der Waals surface area contributed by atoms with Gasteiger partial charge < -0.3 is 39.9 Å². The highest BCUT2D eigenvalue weighted by atomic mass is 35.5. The third kappa shape index (κ3) is 9.64. The molecule has 3 aliphatic rings. The number of methoxy groups -OCH3 is 2. The Morgan fingerprint density at radius 1 is 0.692 bits per heavy atom. The molecular formula is C39H47ClN6O6. The first-order chi connectivity index (χ1) is 24.9. The topological polar surface area (TPSA) is 159 Å². The van der Waals surface area contributed by atoms with Gasteiger partial charge in [0.25, 0.3) is 0 Å². The second kappa shape index (κ2) is 17.3. The number of nitrogen functional groups attached to an aromatic ring is 2. The summed E-state index contributed by atoms with van der Waals surface area (Å²) in [4.78, 5) is 16.8. The lowest BCUT2D eigenvalue weighted by molar-refractivity contribution is -0.0646. The molecule has 0 aromatic carbocycles. The average molecular weight is 731 g/mol. The first kappa shape index (κ1) is 38.6. The van der Waals surface area contributed by atoms with Crippen molar-refractivity contribution in [3.8, 4) is 34.0 Å². The van der Waals surface area contributed by atoms with E-state index in [4.69, 9.17) is 51.5 Å². The highest BCUT2D eigenvalue weighted by Gasteiger charge is 2.50. The van der Waals surface area contributed by atoms with Crippen LogP contribution in [0, 0.1) is 0 Å². The van der Waals surface area contributed by atoms with E-state index in [1.807, 2.05) is 24.3 Å². The maximum atomic E-state index is 6.17. The van der Waals surface area contributed by atoms with Crippen molar-refractivity contribution in [2.75, 3.05) is 52.1 Å². The summed E-state index contributed by atoms with van der Waals surface area (Å²) in [7, 11) is 3.16. The number of anilines is 2. The molecule has 0 aliphatic carbocycles. The Balaban J connectivity index is 0.000000154. The highest BCUT2D eigenvalue weighted by molar-refractivity contribution is 6.29. The Hall–Kier alpha value is -4.59. The first-order valence-electron chi connectivity index (χ1n) is 17.0. The molecule has 7 heterocycles. The van der Waals surface area contributed by atoms with E-state index in [-0.39, 0.29) is 17.5 Å². The average Bonchev–Trinajstić information content (AvgIpc) is 3.39. The molecule has 0 bridgehead atoms. The molecule has 4 N–H and O–H groups in total. The van der Waals surface area contributed by atoms with Crippen LogP contribution in [0.1, 0.15) is 46.2 Å². The largest absolute Gasteiger partial charge is 0.481 e. The van der Waals surface area contributed by atoms with Crippen LogP contribution in [0.25, 0.3) is 27.8 Å². The van der Waals surface area contributed by atoms with Gasteiger partial charge in [-0.05, 0) is 75.9 Å². The van der Waals surface area contributed by atoms with E-state index >= 15 is 0 Å². The Kier molecular flexibility index (Phi) is 12.8. The van der Waals surface area contributed by atoms with Crippen LogP contribution in [-0.2, 0) is 18.9 Å². The van der Waals surface area contributed by atoms with Crippen molar-refractivity contribution in [1.29, 1.82) is 0 Å². The molecular weight excluding hydrogens is 684 g/mol. The van der Waals surface area contributed by atoms with Gasteiger partial charge in [-0.25, -0.2) is 15.0 Å². The summed E-state index contributed by atoms with van der Waals surface area (Å²) in [5, 5.41) is 0.378. The van der Waals surface area contributed by atoms with Crippen LogP contribution in [0.4, 0.5) is 11.4 Å². The molecule has 0 saturated carbocycles. The summed E-state index contributed by atoms with van der Waals surface area (Å²) in [6, 6.07) is 10.9. The molecule has 3 aliphatic heterocycles. The molecule has 4 aromatic rings. The van der Waals surface area contributed by atoms with E-state index in [9.17, 15) is 0 Å². The third-order valence-corrected chi connectivity index (χ3v) is 9.40. The van der Waals surface area contributed by atoms with E-state index in [0.29, 0.717) is 41.5 Å². The molecule has 52 heavy (non-hydrogen) atoms. The lowest BCUT2D eigenvalue weighted by Crippen LogP contribution is -2.41. The molecule has 0 radical (unpaired) electrons. The van der Waals surface area contributed by atoms with Crippen molar-refractivity contribution in [3.63, 3.8) is 0 Å². The minimum absolute atomic E-state index is 0.182. The van der Waals surface area contributed by atoms with E-state index in [1.54, 1.807) is 51.1 Å². The Morgan fingerprint density at radius 2 is 1.23 bits per heavy atom. The number of rotatable bonds is 6. The maximum absolute atomic E-state index is 6.17. The number of nitrogens with two attached hydrogens (primary N) is 2. The summed E-state index contributed by atoms with van der Waals surface area (Å²) < 4.78 is 32.5. The molecule has 0 spiro atoms. The molecule has 1 fully saturated rings. The van der Waals surface area contributed by atoms with Gasteiger partial charge in [0, 0.05) is 70.5 Å². The van der Waals surface area contributed by atoms with Crippen molar-refractivity contribution in [1.82, 2.24) is 19.9 Å². The van der Waals surface area contributed by atoms with Crippen LogP contribution >= 0.6 is 11.6 Å².